The fraction of sp³-hybridized carbons (Fsp3) is 0.333. The standard InChI is InChI=1S/C9H10N2O/c1-7(2)9(12)4-3-8(5-10)6-11/h3-4,7,12H,1-2H3/b9-4-. The average molecular weight is 162 g/mol. The zero-order chi connectivity index (χ0) is 9.56. The first-order valence-corrected chi connectivity index (χ1v) is 3.52. The maximum Gasteiger partial charge on any atom is 0.129 e. The number of nitrogens with zero attached hydrogens (tertiary/aromatic N) is 2. The quantitative estimate of drug-likeness (QED) is 0.384. The largest absolute Gasteiger partial charge is 0.512 e. The molecule has 3 heteroatoms. The molecule has 0 heterocycles. The Morgan fingerprint density at radius 1 is 1.25 bits per heavy atom. The van der Waals surface area contributed by atoms with E-state index in [4.69, 9.17) is 15.6 Å². The van der Waals surface area contributed by atoms with Crippen LogP contribution in [0, 0.1) is 28.6 Å². The van der Waals surface area contributed by atoms with Gasteiger partial charge >= 0.3 is 0 Å². The van der Waals surface area contributed by atoms with Gasteiger partial charge in [-0.15, -0.1) is 0 Å². The third kappa shape index (κ3) is 3.43. The van der Waals surface area contributed by atoms with Gasteiger partial charge in [0.2, 0.25) is 0 Å². The van der Waals surface area contributed by atoms with Crippen molar-refractivity contribution in [2.24, 2.45) is 5.92 Å². The summed E-state index contributed by atoms with van der Waals surface area (Å²) in [5.74, 6) is 0.179. The monoisotopic (exact) mass is 162 g/mol. The first-order chi connectivity index (χ1) is 5.61. The first kappa shape index (κ1) is 10.3. The number of allylic oxidation sites excluding steroid dienone is 4. The van der Waals surface area contributed by atoms with E-state index in [0.29, 0.717) is 0 Å². The van der Waals surface area contributed by atoms with Crippen molar-refractivity contribution in [2.75, 3.05) is 0 Å². The van der Waals surface area contributed by atoms with Gasteiger partial charge in [0.15, 0.2) is 0 Å². The summed E-state index contributed by atoms with van der Waals surface area (Å²) in [6, 6.07) is 3.38. The van der Waals surface area contributed by atoms with Crippen LogP contribution in [0.4, 0.5) is 0 Å². The molecule has 0 spiro atoms. The molecule has 1 N–H and O–H groups in total. The maximum atomic E-state index is 9.16. The van der Waals surface area contributed by atoms with Crippen LogP contribution in [0.1, 0.15) is 13.8 Å². The number of nitriles is 2. The molecule has 0 unspecified atom stereocenters. The van der Waals surface area contributed by atoms with E-state index in [1.165, 1.54) is 12.2 Å². The molecular weight excluding hydrogens is 152 g/mol. The Bertz CT molecular complexity index is 271. The van der Waals surface area contributed by atoms with Crippen molar-refractivity contribution < 1.29 is 5.11 Å². The second kappa shape index (κ2) is 4.98. The number of hydrogen-bond acceptors (Lipinski definition) is 3. The zero-order valence-electron chi connectivity index (χ0n) is 7.07. The van der Waals surface area contributed by atoms with Crippen LogP contribution in [0.2, 0.25) is 0 Å². The fourth-order valence-corrected chi connectivity index (χ4v) is 0.461. The van der Waals surface area contributed by atoms with Crippen molar-refractivity contribution in [3.63, 3.8) is 0 Å². The second-order valence-corrected chi connectivity index (χ2v) is 2.55. The molecule has 0 rings (SSSR count). The van der Waals surface area contributed by atoms with E-state index in [1.54, 1.807) is 12.1 Å². The van der Waals surface area contributed by atoms with Crippen LogP contribution in [0.3, 0.4) is 0 Å². The van der Waals surface area contributed by atoms with Crippen LogP contribution < -0.4 is 0 Å². The van der Waals surface area contributed by atoms with E-state index in [0.717, 1.165) is 0 Å². The molecule has 0 saturated heterocycles. The summed E-state index contributed by atoms with van der Waals surface area (Å²) < 4.78 is 0. The van der Waals surface area contributed by atoms with Crippen molar-refractivity contribution in [3.8, 4) is 12.1 Å². The Morgan fingerprint density at radius 3 is 2.08 bits per heavy atom. The molecule has 0 radical (unpaired) electrons. The van der Waals surface area contributed by atoms with E-state index < -0.39 is 0 Å². The van der Waals surface area contributed by atoms with E-state index in [2.05, 4.69) is 0 Å². The molecule has 0 aromatic heterocycles. The predicted molar refractivity (Wildman–Crippen MR) is 44.9 cm³/mol. The fourth-order valence-electron chi connectivity index (χ4n) is 0.461. The molecule has 3 nitrogen and oxygen atoms in total. The number of aliphatic hydroxyl groups excluding tert-OH is 1. The lowest BCUT2D eigenvalue weighted by Gasteiger charge is -1.99. The van der Waals surface area contributed by atoms with Crippen molar-refractivity contribution >= 4 is 0 Å². The number of aliphatic hydroxyl groups is 1. The van der Waals surface area contributed by atoms with Gasteiger partial charge in [-0.05, 0) is 12.2 Å². The summed E-state index contributed by atoms with van der Waals surface area (Å²) in [4.78, 5) is 0. The van der Waals surface area contributed by atoms with E-state index in [-0.39, 0.29) is 17.3 Å². The molecule has 0 aliphatic carbocycles. The minimum absolute atomic E-state index is 0.0119. The third-order valence-electron chi connectivity index (χ3n) is 1.25. The van der Waals surface area contributed by atoms with Crippen molar-refractivity contribution in [1.82, 2.24) is 0 Å². The Kier molecular flexibility index (Phi) is 4.26. The summed E-state index contributed by atoms with van der Waals surface area (Å²) in [7, 11) is 0. The molecule has 0 atom stereocenters. The third-order valence-corrected chi connectivity index (χ3v) is 1.25. The summed E-state index contributed by atoms with van der Waals surface area (Å²) >= 11 is 0. The topological polar surface area (TPSA) is 67.8 Å². The van der Waals surface area contributed by atoms with Gasteiger partial charge < -0.3 is 5.11 Å². The highest BCUT2D eigenvalue weighted by atomic mass is 16.3. The van der Waals surface area contributed by atoms with Crippen LogP contribution in [0.15, 0.2) is 23.5 Å². The lowest BCUT2D eigenvalue weighted by Crippen LogP contribution is -1.90. The lowest BCUT2D eigenvalue weighted by molar-refractivity contribution is 0.352. The van der Waals surface area contributed by atoms with Crippen molar-refractivity contribution in [3.05, 3.63) is 23.5 Å². The minimum Gasteiger partial charge on any atom is -0.512 e. The number of rotatable bonds is 2. The van der Waals surface area contributed by atoms with Crippen LogP contribution in [-0.2, 0) is 0 Å². The van der Waals surface area contributed by atoms with E-state index in [1.807, 2.05) is 13.8 Å². The Labute approximate surface area is 71.9 Å². The van der Waals surface area contributed by atoms with Crippen LogP contribution >= 0.6 is 0 Å². The van der Waals surface area contributed by atoms with E-state index >= 15 is 0 Å². The summed E-state index contributed by atoms with van der Waals surface area (Å²) in [5.41, 5.74) is -0.0119. The van der Waals surface area contributed by atoms with Gasteiger partial charge in [-0.2, -0.15) is 10.5 Å². The molecule has 0 aromatic rings. The van der Waals surface area contributed by atoms with Gasteiger partial charge in [-0.3, -0.25) is 0 Å². The Morgan fingerprint density at radius 2 is 1.75 bits per heavy atom. The highest BCUT2D eigenvalue weighted by Gasteiger charge is 1.97. The van der Waals surface area contributed by atoms with Gasteiger partial charge in [-0.25, -0.2) is 0 Å². The van der Waals surface area contributed by atoms with Gasteiger partial charge in [0.05, 0.1) is 5.76 Å². The average Bonchev–Trinajstić information content (AvgIpc) is 2.05. The minimum atomic E-state index is -0.0119. The molecule has 0 aliphatic rings. The van der Waals surface area contributed by atoms with Gasteiger partial charge in [0.25, 0.3) is 0 Å². The zero-order valence-corrected chi connectivity index (χ0v) is 7.07. The van der Waals surface area contributed by atoms with Gasteiger partial charge in [0.1, 0.15) is 17.7 Å². The highest BCUT2D eigenvalue weighted by molar-refractivity contribution is 5.38. The molecule has 12 heavy (non-hydrogen) atoms. The summed E-state index contributed by atoms with van der Waals surface area (Å²) in [5, 5.41) is 25.8. The van der Waals surface area contributed by atoms with Crippen molar-refractivity contribution in [2.45, 2.75) is 13.8 Å². The second-order valence-electron chi connectivity index (χ2n) is 2.55. The Hall–Kier alpha value is -1.74. The molecule has 0 aliphatic heterocycles. The molecule has 0 saturated carbocycles. The number of hydrogen-bond donors (Lipinski definition) is 1. The van der Waals surface area contributed by atoms with Crippen LogP contribution in [0.25, 0.3) is 0 Å². The molecule has 0 bridgehead atoms. The molecule has 0 fully saturated rings. The Balaban J connectivity index is 4.51. The maximum absolute atomic E-state index is 9.16. The SMILES string of the molecule is CC(C)/C(O)=C/C=C(C#N)C#N. The highest BCUT2D eigenvalue weighted by Crippen LogP contribution is 2.05. The molecular formula is C9H10N2O. The van der Waals surface area contributed by atoms with Crippen LogP contribution in [-0.4, -0.2) is 5.11 Å². The molecule has 0 amide bonds. The predicted octanol–water partition coefficient (Wildman–Crippen LogP) is 2.06. The molecule has 0 aromatic carbocycles. The summed E-state index contributed by atoms with van der Waals surface area (Å²) in [6.45, 7) is 3.64. The summed E-state index contributed by atoms with van der Waals surface area (Å²) in [6.07, 6.45) is 2.67. The first-order valence-electron chi connectivity index (χ1n) is 3.52. The van der Waals surface area contributed by atoms with Crippen molar-refractivity contribution in [1.29, 1.82) is 10.5 Å². The van der Waals surface area contributed by atoms with E-state index in [9.17, 15) is 0 Å². The normalized spacial score (nSPS) is 10.2. The molecule has 62 valence electrons. The lowest BCUT2D eigenvalue weighted by atomic mass is 10.1. The van der Waals surface area contributed by atoms with Gasteiger partial charge in [0, 0.05) is 5.92 Å². The smallest absolute Gasteiger partial charge is 0.129 e. The van der Waals surface area contributed by atoms with Gasteiger partial charge in [-0.1, -0.05) is 13.8 Å². The van der Waals surface area contributed by atoms with Crippen LogP contribution in [0.5, 0.6) is 0 Å².